The fourth-order valence-electron chi connectivity index (χ4n) is 1.82. The molecule has 1 aliphatic rings. The molecule has 2 nitrogen and oxygen atoms in total. The maximum Gasteiger partial charge on any atom is 0.0564 e. The van der Waals surface area contributed by atoms with Crippen LogP contribution in [0.3, 0.4) is 0 Å². The Morgan fingerprint density at radius 3 is 2.08 bits per heavy atom. The summed E-state index contributed by atoms with van der Waals surface area (Å²) >= 11 is 0. The molecule has 0 aromatic heterocycles. The normalized spacial score (nSPS) is 24.7. The van der Waals surface area contributed by atoms with Crippen LogP contribution in [0.2, 0.25) is 0 Å². The third kappa shape index (κ3) is 2.96. The molecule has 1 fully saturated rings. The van der Waals surface area contributed by atoms with Crippen molar-refractivity contribution >= 4 is 0 Å². The van der Waals surface area contributed by atoms with Crippen molar-refractivity contribution in [3.05, 3.63) is 0 Å². The van der Waals surface area contributed by atoms with Gasteiger partial charge in [0, 0.05) is 19.1 Å². The smallest absolute Gasteiger partial charge is 0.0564 e. The van der Waals surface area contributed by atoms with Crippen LogP contribution < -0.4 is 0 Å². The van der Waals surface area contributed by atoms with Gasteiger partial charge in [0.25, 0.3) is 0 Å². The predicted molar refractivity (Wildman–Crippen MR) is 55.7 cm³/mol. The second-order valence-corrected chi connectivity index (χ2v) is 5.31. The van der Waals surface area contributed by atoms with Crippen molar-refractivity contribution in [2.24, 2.45) is 5.41 Å². The van der Waals surface area contributed by atoms with Crippen LogP contribution >= 0.6 is 0 Å². The van der Waals surface area contributed by atoms with Gasteiger partial charge in [-0.3, -0.25) is 4.90 Å². The number of rotatable bonds is 1. The molecular formula is C11H23NO. The second kappa shape index (κ2) is 3.97. The van der Waals surface area contributed by atoms with Crippen LogP contribution in [0.1, 0.15) is 40.5 Å². The van der Waals surface area contributed by atoms with Gasteiger partial charge in [0.1, 0.15) is 0 Å². The number of aliphatic hydroxyl groups excluding tert-OH is 1. The van der Waals surface area contributed by atoms with E-state index in [4.69, 9.17) is 0 Å². The molecule has 0 bridgehead atoms. The first kappa shape index (κ1) is 11.0. The Balaban J connectivity index is 2.45. The van der Waals surface area contributed by atoms with Gasteiger partial charge in [-0.1, -0.05) is 20.8 Å². The number of piperidine rings is 1. The van der Waals surface area contributed by atoms with E-state index in [1.807, 2.05) is 0 Å². The van der Waals surface area contributed by atoms with Crippen LogP contribution in [0, 0.1) is 5.41 Å². The summed E-state index contributed by atoms with van der Waals surface area (Å²) in [5.41, 5.74) is 0.349. The molecule has 1 atom stereocenters. The van der Waals surface area contributed by atoms with E-state index in [1.54, 1.807) is 0 Å². The van der Waals surface area contributed by atoms with E-state index in [0.29, 0.717) is 11.5 Å². The molecule has 13 heavy (non-hydrogen) atoms. The average molecular weight is 185 g/mol. The monoisotopic (exact) mass is 185 g/mol. The highest BCUT2D eigenvalue weighted by molar-refractivity contribution is 4.82. The minimum atomic E-state index is -0.0524. The fourth-order valence-corrected chi connectivity index (χ4v) is 1.82. The lowest BCUT2D eigenvalue weighted by Crippen LogP contribution is -2.46. The van der Waals surface area contributed by atoms with Gasteiger partial charge in [0.05, 0.1) is 6.10 Å². The first-order chi connectivity index (χ1) is 5.91. The maximum absolute atomic E-state index is 9.38. The number of hydrogen-bond acceptors (Lipinski definition) is 2. The largest absolute Gasteiger partial charge is 0.393 e. The van der Waals surface area contributed by atoms with Gasteiger partial charge in [-0.15, -0.1) is 0 Å². The molecule has 1 saturated heterocycles. The summed E-state index contributed by atoms with van der Waals surface area (Å²) in [5.74, 6) is 0. The standard InChI is InChI=1S/C11H23NO/c1-9(11(2,3)4)12-7-5-10(13)6-8-12/h9-10,13H,5-8H2,1-4H3/t9-/m1/s1. The molecule has 0 aromatic rings. The van der Waals surface area contributed by atoms with E-state index >= 15 is 0 Å². The molecule has 1 heterocycles. The van der Waals surface area contributed by atoms with E-state index in [1.165, 1.54) is 0 Å². The van der Waals surface area contributed by atoms with Crippen molar-refractivity contribution in [1.29, 1.82) is 0 Å². The zero-order valence-corrected chi connectivity index (χ0v) is 9.38. The maximum atomic E-state index is 9.38. The van der Waals surface area contributed by atoms with Crippen molar-refractivity contribution in [2.45, 2.75) is 52.7 Å². The van der Waals surface area contributed by atoms with Gasteiger partial charge < -0.3 is 5.11 Å². The topological polar surface area (TPSA) is 23.5 Å². The van der Waals surface area contributed by atoms with Crippen LogP contribution in [-0.2, 0) is 0 Å². The Kier molecular flexibility index (Phi) is 3.36. The third-order valence-corrected chi connectivity index (χ3v) is 3.30. The van der Waals surface area contributed by atoms with Crippen molar-refractivity contribution in [2.75, 3.05) is 13.1 Å². The van der Waals surface area contributed by atoms with E-state index < -0.39 is 0 Å². The van der Waals surface area contributed by atoms with Gasteiger partial charge in [-0.2, -0.15) is 0 Å². The predicted octanol–water partition coefficient (Wildman–Crippen LogP) is 1.88. The highest BCUT2D eigenvalue weighted by Crippen LogP contribution is 2.26. The van der Waals surface area contributed by atoms with E-state index in [-0.39, 0.29) is 6.10 Å². The van der Waals surface area contributed by atoms with E-state index in [9.17, 15) is 5.11 Å². The minimum absolute atomic E-state index is 0.0524. The highest BCUT2D eigenvalue weighted by Gasteiger charge is 2.28. The lowest BCUT2D eigenvalue weighted by molar-refractivity contribution is 0.0339. The second-order valence-electron chi connectivity index (χ2n) is 5.31. The Morgan fingerprint density at radius 1 is 1.23 bits per heavy atom. The van der Waals surface area contributed by atoms with Crippen molar-refractivity contribution in [3.8, 4) is 0 Å². The van der Waals surface area contributed by atoms with Gasteiger partial charge in [-0.25, -0.2) is 0 Å². The molecule has 1 rings (SSSR count). The molecule has 0 radical (unpaired) electrons. The zero-order chi connectivity index (χ0) is 10.1. The molecule has 1 aliphatic heterocycles. The lowest BCUT2D eigenvalue weighted by Gasteiger charge is -2.41. The molecule has 78 valence electrons. The number of hydrogen-bond donors (Lipinski definition) is 1. The first-order valence-corrected chi connectivity index (χ1v) is 5.33. The summed E-state index contributed by atoms with van der Waals surface area (Å²) < 4.78 is 0. The van der Waals surface area contributed by atoms with E-state index in [2.05, 4.69) is 32.6 Å². The van der Waals surface area contributed by atoms with Gasteiger partial charge >= 0.3 is 0 Å². The lowest BCUT2D eigenvalue weighted by atomic mass is 9.86. The summed E-state index contributed by atoms with van der Waals surface area (Å²) in [6.07, 6.45) is 1.84. The molecule has 0 amide bonds. The molecule has 0 saturated carbocycles. The first-order valence-electron chi connectivity index (χ1n) is 5.33. The number of aliphatic hydroxyl groups is 1. The minimum Gasteiger partial charge on any atom is -0.393 e. The molecule has 1 N–H and O–H groups in total. The van der Waals surface area contributed by atoms with Gasteiger partial charge in [-0.05, 0) is 25.2 Å². The summed E-state index contributed by atoms with van der Waals surface area (Å²) in [6, 6.07) is 0.611. The molecule has 0 aromatic carbocycles. The number of nitrogens with zero attached hydrogens (tertiary/aromatic N) is 1. The molecule has 2 heteroatoms. The van der Waals surface area contributed by atoms with Gasteiger partial charge in [0.2, 0.25) is 0 Å². The van der Waals surface area contributed by atoms with E-state index in [0.717, 1.165) is 25.9 Å². The number of likely N-dealkylation sites (tertiary alicyclic amines) is 1. The summed E-state index contributed by atoms with van der Waals surface area (Å²) in [6.45, 7) is 11.2. The molecule has 0 aliphatic carbocycles. The average Bonchev–Trinajstić information content (AvgIpc) is 2.03. The van der Waals surface area contributed by atoms with Crippen LogP contribution in [0.25, 0.3) is 0 Å². The van der Waals surface area contributed by atoms with Crippen LogP contribution in [0.5, 0.6) is 0 Å². The molecule has 0 spiro atoms. The van der Waals surface area contributed by atoms with Crippen molar-refractivity contribution in [3.63, 3.8) is 0 Å². The highest BCUT2D eigenvalue weighted by atomic mass is 16.3. The van der Waals surface area contributed by atoms with Crippen LogP contribution in [0.15, 0.2) is 0 Å². The van der Waals surface area contributed by atoms with Crippen LogP contribution in [-0.4, -0.2) is 35.2 Å². The molecule has 0 unspecified atom stereocenters. The fraction of sp³-hybridized carbons (Fsp3) is 1.00. The van der Waals surface area contributed by atoms with Crippen molar-refractivity contribution in [1.82, 2.24) is 4.90 Å². The Hall–Kier alpha value is -0.0800. The summed E-state index contributed by atoms with van der Waals surface area (Å²) in [5, 5.41) is 9.38. The summed E-state index contributed by atoms with van der Waals surface area (Å²) in [7, 11) is 0. The Labute approximate surface area is 81.9 Å². The van der Waals surface area contributed by atoms with Crippen LogP contribution in [0.4, 0.5) is 0 Å². The third-order valence-electron chi connectivity index (χ3n) is 3.30. The Morgan fingerprint density at radius 2 is 1.69 bits per heavy atom. The van der Waals surface area contributed by atoms with Gasteiger partial charge in [0.15, 0.2) is 0 Å². The summed E-state index contributed by atoms with van der Waals surface area (Å²) in [4.78, 5) is 2.49. The quantitative estimate of drug-likeness (QED) is 0.674. The zero-order valence-electron chi connectivity index (χ0n) is 9.38. The van der Waals surface area contributed by atoms with Crippen molar-refractivity contribution < 1.29 is 5.11 Å². The molecular weight excluding hydrogens is 162 g/mol. The SMILES string of the molecule is C[C@@H](N1CCC(O)CC1)C(C)(C)C. The Bertz CT molecular complexity index is 154.